The van der Waals surface area contributed by atoms with E-state index in [1.54, 1.807) is 24.4 Å². The van der Waals surface area contributed by atoms with Gasteiger partial charge in [-0.15, -0.1) is 11.3 Å². The average Bonchev–Trinajstić information content (AvgIpc) is 2.80. The minimum Gasteiger partial charge on any atom is -0.465 e. The van der Waals surface area contributed by atoms with E-state index in [0.717, 1.165) is 0 Å². The summed E-state index contributed by atoms with van der Waals surface area (Å²) < 4.78 is 0. The summed E-state index contributed by atoms with van der Waals surface area (Å²) in [6, 6.07) is 3.82. The molecule has 0 fully saturated rings. The summed E-state index contributed by atoms with van der Waals surface area (Å²) >= 11 is 1.30. The van der Waals surface area contributed by atoms with Crippen LogP contribution in [0.25, 0.3) is 0 Å². The Hall–Kier alpha value is -2.33. The van der Waals surface area contributed by atoms with E-state index in [2.05, 4.69) is 5.32 Å². The quantitative estimate of drug-likeness (QED) is 0.812. The maximum atomic E-state index is 11.7. The molecule has 3 amide bonds. The van der Waals surface area contributed by atoms with Crippen LogP contribution in [0.3, 0.4) is 0 Å². The summed E-state index contributed by atoms with van der Waals surface area (Å²) in [6.45, 7) is 1.58. The van der Waals surface area contributed by atoms with Crippen molar-refractivity contribution in [3.05, 3.63) is 33.7 Å². The van der Waals surface area contributed by atoms with Gasteiger partial charge >= 0.3 is 12.1 Å². The van der Waals surface area contributed by atoms with Crippen molar-refractivity contribution in [3.63, 3.8) is 0 Å². The van der Waals surface area contributed by atoms with E-state index in [1.165, 1.54) is 11.3 Å². The van der Waals surface area contributed by atoms with Crippen LogP contribution in [-0.2, 0) is 0 Å². The lowest BCUT2D eigenvalue weighted by atomic mass is 10.0. The summed E-state index contributed by atoms with van der Waals surface area (Å²) in [6.07, 6.45) is -1.38. The first kappa shape index (κ1) is 12.1. The van der Waals surface area contributed by atoms with Gasteiger partial charge in [0, 0.05) is 10.6 Å². The first-order valence-electron chi connectivity index (χ1n) is 5.03. The van der Waals surface area contributed by atoms with E-state index >= 15 is 0 Å². The van der Waals surface area contributed by atoms with E-state index in [-0.39, 0.29) is 5.57 Å². The number of carbonyl (C=O) groups is 2. The Kier molecular flexibility index (Phi) is 3.04. The molecule has 1 unspecified atom stereocenters. The Balaban J connectivity index is 2.59. The molecule has 0 aliphatic carbocycles. The number of nitrogens with zero attached hydrogens (tertiary/aromatic N) is 2. The minimum atomic E-state index is -1.38. The number of hydrogen-bond acceptors (Lipinski definition) is 4. The van der Waals surface area contributed by atoms with Gasteiger partial charge < -0.3 is 10.4 Å². The van der Waals surface area contributed by atoms with Crippen LogP contribution in [-0.4, -0.2) is 22.1 Å². The molecule has 2 N–H and O–H groups in total. The number of nitriles is 1. The predicted molar refractivity (Wildman–Crippen MR) is 63.8 cm³/mol. The predicted octanol–water partition coefficient (Wildman–Crippen LogP) is 2.29. The second kappa shape index (κ2) is 4.50. The second-order valence-electron chi connectivity index (χ2n) is 3.65. The number of allylic oxidation sites excluding steroid dienone is 1. The van der Waals surface area contributed by atoms with Crippen LogP contribution in [0.4, 0.5) is 9.59 Å². The molecule has 18 heavy (non-hydrogen) atoms. The van der Waals surface area contributed by atoms with Crippen molar-refractivity contribution in [1.82, 2.24) is 10.2 Å². The van der Waals surface area contributed by atoms with Crippen LogP contribution in [0.15, 0.2) is 28.8 Å². The van der Waals surface area contributed by atoms with Crippen LogP contribution in [0.1, 0.15) is 17.8 Å². The number of amides is 3. The van der Waals surface area contributed by atoms with Crippen LogP contribution in [0.5, 0.6) is 0 Å². The highest BCUT2D eigenvalue weighted by molar-refractivity contribution is 7.10. The first-order valence-corrected chi connectivity index (χ1v) is 5.91. The maximum absolute atomic E-state index is 11.7. The summed E-state index contributed by atoms with van der Waals surface area (Å²) in [7, 11) is 0. The molecule has 0 spiro atoms. The van der Waals surface area contributed by atoms with Crippen molar-refractivity contribution < 1.29 is 14.7 Å². The van der Waals surface area contributed by atoms with Crippen molar-refractivity contribution >= 4 is 23.5 Å². The number of urea groups is 1. The van der Waals surface area contributed by atoms with Crippen molar-refractivity contribution in [2.45, 2.75) is 13.0 Å². The van der Waals surface area contributed by atoms with Crippen molar-refractivity contribution in [2.24, 2.45) is 0 Å². The number of carboxylic acid groups (broad SMARTS) is 1. The topological polar surface area (TPSA) is 93.4 Å². The normalized spacial score (nSPS) is 19.4. The molecule has 0 aromatic carbocycles. The number of imide groups is 1. The summed E-state index contributed by atoms with van der Waals surface area (Å²) in [4.78, 5) is 24.2. The minimum absolute atomic E-state index is 0.236. The van der Waals surface area contributed by atoms with Gasteiger partial charge in [-0.2, -0.15) is 5.26 Å². The highest BCUT2D eigenvalue weighted by Gasteiger charge is 2.39. The van der Waals surface area contributed by atoms with Crippen molar-refractivity contribution in [2.75, 3.05) is 0 Å². The fraction of sp³-hybridized carbons (Fsp3) is 0.182. The van der Waals surface area contributed by atoms with Gasteiger partial charge in [0.1, 0.15) is 6.04 Å². The number of thiophene rings is 1. The van der Waals surface area contributed by atoms with Gasteiger partial charge in [0.15, 0.2) is 0 Å². The van der Waals surface area contributed by atoms with Crippen molar-refractivity contribution in [3.8, 4) is 6.07 Å². The van der Waals surface area contributed by atoms with Crippen LogP contribution >= 0.6 is 11.3 Å². The standard InChI is InChI=1S/C11H9N3O3S/c1-6-7(5-12)9(8-3-2-4-18-8)14(11(16)17)10(15)13-6/h2-4,9H,1H3,(H,13,15)(H,16,17). The zero-order chi connectivity index (χ0) is 13.3. The third-order valence-electron chi connectivity index (χ3n) is 2.59. The summed E-state index contributed by atoms with van der Waals surface area (Å²) in [5, 5.41) is 22.4. The van der Waals surface area contributed by atoms with Gasteiger partial charge in [-0.1, -0.05) is 6.07 Å². The van der Waals surface area contributed by atoms with E-state index in [1.807, 2.05) is 6.07 Å². The van der Waals surface area contributed by atoms with E-state index in [0.29, 0.717) is 15.5 Å². The zero-order valence-corrected chi connectivity index (χ0v) is 10.2. The molecule has 0 radical (unpaired) electrons. The number of carbonyl (C=O) groups excluding carboxylic acids is 1. The lowest BCUT2D eigenvalue weighted by molar-refractivity contribution is 0.136. The lowest BCUT2D eigenvalue weighted by Gasteiger charge is -2.31. The number of nitrogens with one attached hydrogen (secondary N) is 1. The maximum Gasteiger partial charge on any atom is 0.416 e. The molecule has 2 rings (SSSR count). The molecule has 1 aromatic rings. The average molecular weight is 263 g/mol. The Morgan fingerprint density at radius 2 is 2.39 bits per heavy atom. The van der Waals surface area contributed by atoms with Gasteiger partial charge in [0.2, 0.25) is 0 Å². The van der Waals surface area contributed by atoms with Crippen LogP contribution in [0, 0.1) is 11.3 Å². The Bertz CT molecular complexity index is 571. The van der Waals surface area contributed by atoms with Crippen LogP contribution in [0.2, 0.25) is 0 Å². The fourth-order valence-electron chi connectivity index (χ4n) is 1.80. The molecule has 7 heteroatoms. The smallest absolute Gasteiger partial charge is 0.416 e. The summed E-state index contributed by atoms with van der Waals surface area (Å²) in [5.74, 6) is 0. The Morgan fingerprint density at radius 1 is 1.67 bits per heavy atom. The van der Waals surface area contributed by atoms with Gasteiger partial charge in [0.25, 0.3) is 0 Å². The molecule has 2 heterocycles. The molecule has 1 aliphatic rings. The summed E-state index contributed by atoms with van der Waals surface area (Å²) in [5.41, 5.74) is 0.623. The molecule has 0 saturated heterocycles. The molecule has 6 nitrogen and oxygen atoms in total. The molecular formula is C11H9N3O3S. The van der Waals surface area contributed by atoms with Gasteiger partial charge in [-0.3, -0.25) is 0 Å². The van der Waals surface area contributed by atoms with Gasteiger partial charge in [0.05, 0.1) is 11.6 Å². The molecule has 1 aromatic heterocycles. The SMILES string of the molecule is CC1=C(C#N)C(c2cccs2)N(C(=O)O)C(=O)N1. The van der Waals surface area contributed by atoms with Gasteiger partial charge in [-0.25, -0.2) is 14.5 Å². The molecule has 92 valence electrons. The third kappa shape index (κ3) is 1.83. The molecular weight excluding hydrogens is 254 g/mol. The third-order valence-corrected chi connectivity index (χ3v) is 3.51. The largest absolute Gasteiger partial charge is 0.465 e. The fourth-order valence-corrected chi connectivity index (χ4v) is 2.62. The second-order valence-corrected chi connectivity index (χ2v) is 4.63. The first-order chi connectivity index (χ1) is 8.56. The molecule has 1 aliphatic heterocycles. The highest BCUT2D eigenvalue weighted by atomic mass is 32.1. The van der Waals surface area contributed by atoms with Crippen LogP contribution < -0.4 is 5.32 Å². The van der Waals surface area contributed by atoms with E-state index in [4.69, 9.17) is 10.4 Å². The zero-order valence-electron chi connectivity index (χ0n) is 9.38. The lowest BCUT2D eigenvalue weighted by Crippen LogP contribution is -2.49. The van der Waals surface area contributed by atoms with Crippen molar-refractivity contribution in [1.29, 1.82) is 5.26 Å². The number of rotatable bonds is 1. The van der Waals surface area contributed by atoms with E-state index in [9.17, 15) is 9.59 Å². The number of hydrogen-bond donors (Lipinski definition) is 2. The highest BCUT2D eigenvalue weighted by Crippen LogP contribution is 2.35. The van der Waals surface area contributed by atoms with Gasteiger partial charge in [-0.05, 0) is 18.4 Å². The van der Waals surface area contributed by atoms with E-state index < -0.39 is 18.2 Å². The molecule has 1 atom stereocenters. The Labute approximate surface area is 107 Å². The molecule has 0 saturated carbocycles. The monoisotopic (exact) mass is 263 g/mol. The Morgan fingerprint density at radius 3 is 2.89 bits per heavy atom. The molecule has 0 bridgehead atoms.